The predicted octanol–water partition coefficient (Wildman–Crippen LogP) is 5.25. The second-order valence-electron chi connectivity index (χ2n) is 10.4. The van der Waals surface area contributed by atoms with Crippen molar-refractivity contribution in [3.05, 3.63) is 70.2 Å². The van der Waals surface area contributed by atoms with E-state index in [1.54, 1.807) is 0 Å². The first-order valence-electron chi connectivity index (χ1n) is 12.7. The summed E-state index contributed by atoms with van der Waals surface area (Å²) in [6.45, 7) is 4.74. The Labute approximate surface area is 215 Å². The van der Waals surface area contributed by atoms with Crippen LogP contribution in [0.3, 0.4) is 0 Å². The fourth-order valence-corrected chi connectivity index (χ4v) is 5.20. The Morgan fingerprint density at radius 2 is 1.71 bits per heavy atom. The van der Waals surface area contributed by atoms with Crippen molar-refractivity contribution in [1.82, 2.24) is 15.5 Å². The number of carbonyl (C=O) groups is 2. The molecule has 1 saturated carbocycles. The van der Waals surface area contributed by atoms with Crippen LogP contribution in [0, 0.1) is 6.92 Å². The maximum Gasteiger partial charge on any atom is 0.220 e. The molecule has 0 radical (unpaired) electrons. The van der Waals surface area contributed by atoms with Crippen molar-refractivity contribution in [2.24, 2.45) is 0 Å². The van der Waals surface area contributed by atoms with Crippen molar-refractivity contribution < 1.29 is 9.59 Å². The van der Waals surface area contributed by atoms with E-state index in [-0.39, 0.29) is 42.2 Å². The maximum atomic E-state index is 12.5. The van der Waals surface area contributed by atoms with E-state index in [1.807, 2.05) is 24.3 Å². The van der Waals surface area contributed by atoms with Crippen LogP contribution in [0.15, 0.2) is 48.5 Å². The molecule has 0 aromatic heterocycles. The number of nitrogens with one attached hydrogen (secondary N) is 2. The lowest BCUT2D eigenvalue weighted by molar-refractivity contribution is -0.127. The molecule has 1 unspecified atom stereocenters. The molecule has 5 nitrogen and oxygen atoms in total. The first kappa shape index (κ1) is 27.2. The second-order valence-corrected chi connectivity index (χ2v) is 10.8. The van der Waals surface area contributed by atoms with Crippen LogP contribution in [0.4, 0.5) is 0 Å². The third kappa shape index (κ3) is 8.08. The van der Waals surface area contributed by atoms with Gasteiger partial charge >= 0.3 is 0 Å². The number of carbonyl (C=O) groups excluding carboxylic acids is 2. The van der Waals surface area contributed by atoms with Gasteiger partial charge in [0.15, 0.2) is 0 Å². The predicted molar refractivity (Wildman–Crippen MR) is 144 cm³/mol. The van der Waals surface area contributed by atoms with Crippen LogP contribution in [0.25, 0.3) is 0 Å². The van der Waals surface area contributed by atoms with Crippen LogP contribution in [0.2, 0.25) is 5.02 Å². The van der Waals surface area contributed by atoms with Gasteiger partial charge in [0.05, 0.1) is 0 Å². The molecule has 190 valence electrons. The quantitative estimate of drug-likeness (QED) is 0.471. The van der Waals surface area contributed by atoms with E-state index in [9.17, 15) is 9.59 Å². The van der Waals surface area contributed by atoms with Gasteiger partial charge in [0.2, 0.25) is 11.8 Å². The number of rotatable bonds is 10. The van der Waals surface area contributed by atoms with Crippen LogP contribution in [-0.4, -0.2) is 48.9 Å². The molecule has 0 aliphatic heterocycles. The van der Waals surface area contributed by atoms with Crippen LogP contribution in [-0.2, 0) is 16.0 Å². The molecule has 1 aliphatic carbocycles. The third-order valence-electron chi connectivity index (χ3n) is 7.47. The number of aryl methyl sites for hydroxylation is 1. The van der Waals surface area contributed by atoms with Crippen LogP contribution in [0.1, 0.15) is 68.1 Å². The SMILES string of the molecule is Cc1cccc(CC2(N(C)C)CCC(NC(=O)CCC(=O)NCC(C)c3ccc(Cl)cc3)CC2)c1. The maximum absolute atomic E-state index is 12.5. The normalized spacial score (nSPS) is 20.9. The molecule has 1 atom stereocenters. The number of hydrogen-bond donors (Lipinski definition) is 2. The zero-order valence-corrected chi connectivity index (χ0v) is 22.3. The van der Waals surface area contributed by atoms with Crippen molar-refractivity contribution in [1.29, 1.82) is 0 Å². The number of benzene rings is 2. The molecule has 1 fully saturated rings. The van der Waals surface area contributed by atoms with Gasteiger partial charge in [-0.1, -0.05) is 60.5 Å². The van der Waals surface area contributed by atoms with Gasteiger partial charge in [0.1, 0.15) is 0 Å². The minimum atomic E-state index is -0.0885. The Morgan fingerprint density at radius 1 is 1.06 bits per heavy atom. The Balaban J connectivity index is 1.39. The van der Waals surface area contributed by atoms with E-state index < -0.39 is 0 Å². The molecule has 35 heavy (non-hydrogen) atoms. The summed E-state index contributed by atoms with van der Waals surface area (Å²) in [4.78, 5) is 27.2. The number of likely N-dealkylation sites (N-methyl/N-ethyl adjacent to an activating group) is 1. The summed E-state index contributed by atoms with van der Waals surface area (Å²) in [5.41, 5.74) is 3.91. The monoisotopic (exact) mass is 497 g/mol. The first-order valence-corrected chi connectivity index (χ1v) is 13.1. The first-order chi connectivity index (χ1) is 16.7. The summed E-state index contributed by atoms with van der Waals surface area (Å²) >= 11 is 5.94. The summed E-state index contributed by atoms with van der Waals surface area (Å²) in [7, 11) is 4.34. The van der Waals surface area contributed by atoms with Gasteiger partial charge in [0, 0.05) is 36.0 Å². The topological polar surface area (TPSA) is 61.4 Å². The number of amides is 2. The Morgan fingerprint density at radius 3 is 2.34 bits per heavy atom. The molecule has 2 aromatic rings. The lowest BCUT2D eigenvalue weighted by Crippen LogP contribution is -2.52. The molecule has 3 rings (SSSR count). The fraction of sp³-hybridized carbons (Fsp3) is 0.517. The van der Waals surface area contributed by atoms with Crippen molar-refractivity contribution in [3.63, 3.8) is 0 Å². The lowest BCUT2D eigenvalue weighted by atomic mass is 9.74. The van der Waals surface area contributed by atoms with Gasteiger partial charge in [-0.3, -0.25) is 9.59 Å². The number of halogens is 1. The van der Waals surface area contributed by atoms with E-state index in [0.717, 1.165) is 37.7 Å². The highest BCUT2D eigenvalue weighted by atomic mass is 35.5. The average Bonchev–Trinajstić information content (AvgIpc) is 2.83. The smallest absolute Gasteiger partial charge is 0.220 e. The highest BCUT2D eigenvalue weighted by molar-refractivity contribution is 6.30. The van der Waals surface area contributed by atoms with Gasteiger partial charge in [-0.15, -0.1) is 0 Å². The number of hydrogen-bond acceptors (Lipinski definition) is 3. The summed E-state index contributed by atoms with van der Waals surface area (Å²) in [6, 6.07) is 16.6. The summed E-state index contributed by atoms with van der Waals surface area (Å²) in [5.74, 6) is 0.0605. The van der Waals surface area contributed by atoms with Crippen molar-refractivity contribution in [3.8, 4) is 0 Å². The highest BCUT2D eigenvalue weighted by Gasteiger charge is 2.37. The molecule has 2 amide bonds. The van der Waals surface area contributed by atoms with Crippen molar-refractivity contribution in [2.75, 3.05) is 20.6 Å². The van der Waals surface area contributed by atoms with Crippen molar-refractivity contribution in [2.45, 2.75) is 76.3 Å². The Bertz CT molecular complexity index is 982. The molecule has 0 heterocycles. The molecule has 2 aromatic carbocycles. The molecule has 6 heteroatoms. The minimum absolute atomic E-state index is 0.0352. The minimum Gasteiger partial charge on any atom is -0.355 e. The molecule has 0 saturated heterocycles. The van der Waals surface area contributed by atoms with E-state index in [4.69, 9.17) is 11.6 Å². The van der Waals surface area contributed by atoms with Gasteiger partial charge in [-0.05, 0) is 82.3 Å². The molecular formula is C29H40ClN3O2. The van der Waals surface area contributed by atoms with E-state index in [0.29, 0.717) is 11.6 Å². The molecular weight excluding hydrogens is 458 g/mol. The standard InChI is InChI=1S/C29H40ClN3O2/c1-21-6-5-7-23(18-21)19-29(33(3)4)16-14-26(15-17-29)32-28(35)13-12-27(34)31-20-22(2)24-8-10-25(30)11-9-24/h5-11,18,22,26H,12-17,19-20H2,1-4H3,(H,31,34)(H,32,35). The van der Waals surface area contributed by atoms with Crippen molar-refractivity contribution >= 4 is 23.4 Å². The summed E-state index contributed by atoms with van der Waals surface area (Å²) in [5, 5.41) is 6.82. The van der Waals surface area contributed by atoms with Gasteiger partial charge in [0.25, 0.3) is 0 Å². The largest absolute Gasteiger partial charge is 0.355 e. The fourth-order valence-electron chi connectivity index (χ4n) is 5.08. The molecule has 0 spiro atoms. The molecule has 1 aliphatic rings. The van der Waals surface area contributed by atoms with Crippen LogP contribution < -0.4 is 10.6 Å². The Hall–Kier alpha value is -2.37. The zero-order chi connectivity index (χ0) is 25.4. The van der Waals surface area contributed by atoms with E-state index in [2.05, 4.69) is 67.7 Å². The summed E-state index contributed by atoms with van der Waals surface area (Å²) < 4.78 is 0. The van der Waals surface area contributed by atoms with Crippen LogP contribution >= 0.6 is 11.6 Å². The molecule has 0 bridgehead atoms. The van der Waals surface area contributed by atoms with Gasteiger partial charge < -0.3 is 15.5 Å². The Kier molecular flexibility index (Phi) is 9.76. The summed E-state index contributed by atoms with van der Waals surface area (Å²) in [6.07, 6.45) is 5.46. The molecule has 2 N–H and O–H groups in total. The van der Waals surface area contributed by atoms with E-state index >= 15 is 0 Å². The van der Waals surface area contributed by atoms with Gasteiger partial charge in [-0.2, -0.15) is 0 Å². The number of nitrogens with zero attached hydrogens (tertiary/aromatic N) is 1. The van der Waals surface area contributed by atoms with Gasteiger partial charge in [-0.25, -0.2) is 0 Å². The van der Waals surface area contributed by atoms with E-state index in [1.165, 1.54) is 11.1 Å². The zero-order valence-electron chi connectivity index (χ0n) is 21.6. The lowest BCUT2D eigenvalue weighted by Gasteiger charge is -2.45. The average molecular weight is 498 g/mol. The van der Waals surface area contributed by atoms with Crippen LogP contribution in [0.5, 0.6) is 0 Å². The third-order valence-corrected chi connectivity index (χ3v) is 7.72. The second kappa shape index (κ2) is 12.5. The highest BCUT2D eigenvalue weighted by Crippen LogP contribution is 2.35.